The lowest BCUT2D eigenvalue weighted by Gasteiger charge is -2.14. The molecule has 0 N–H and O–H groups in total. The van der Waals surface area contributed by atoms with Crippen molar-refractivity contribution in [2.45, 2.75) is 6.42 Å². The smallest absolute Gasteiger partial charge is 0.164 e. The second-order valence-electron chi connectivity index (χ2n) is 12.6. The highest BCUT2D eigenvalue weighted by atomic mass is 15.0. The molecule has 4 nitrogen and oxygen atoms in total. The summed E-state index contributed by atoms with van der Waals surface area (Å²) in [5.41, 5.74) is 11.2. The van der Waals surface area contributed by atoms with Crippen LogP contribution in [0.1, 0.15) is 11.1 Å². The number of aromatic nitrogens is 4. The molecule has 10 rings (SSSR count). The lowest BCUT2D eigenvalue weighted by molar-refractivity contribution is 1.08. The Bertz CT molecular complexity index is 2730. The van der Waals surface area contributed by atoms with E-state index in [1.807, 2.05) is 30.3 Å². The van der Waals surface area contributed by atoms with Gasteiger partial charge in [0.1, 0.15) is 0 Å². The van der Waals surface area contributed by atoms with Crippen molar-refractivity contribution in [3.8, 4) is 56.5 Å². The monoisotopic (exact) mass is 624 g/mol. The first-order valence-corrected chi connectivity index (χ1v) is 16.6. The van der Waals surface area contributed by atoms with Gasteiger partial charge in [0, 0.05) is 33.2 Å². The molecule has 0 aliphatic heterocycles. The molecule has 0 bridgehead atoms. The molecular formula is C45H28N4. The van der Waals surface area contributed by atoms with Gasteiger partial charge in [-0.25, -0.2) is 19.9 Å². The predicted octanol–water partition coefficient (Wildman–Crippen LogP) is 11.0. The van der Waals surface area contributed by atoms with Crippen LogP contribution >= 0.6 is 0 Å². The molecule has 7 aromatic carbocycles. The average molecular weight is 625 g/mol. The van der Waals surface area contributed by atoms with Gasteiger partial charge in [0.2, 0.25) is 0 Å². The molecule has 2 heterocycles. The summed E-state index contributed by atoms with van der Waals surface area (Å²) in [4.78, 5) is 20.5. The zero-order valence-electron chi connectivity index (χ0n) is 26.5. The third-order valence-electron chi connectivity index (χ3n) is 9.75. The Morgan fingerprint density at radius 3 is 1.80 bits per heavy atom. The maximum absolute atomic E-state index is 5.24. The lowest BCUT2D eigenvalue weighted by atomic mass is 9.96. The summed E-state index contributed by atoms with van der Waals surface area (Å²) in [5, 5.41) is 5.89. The molecule has 0 unspecified atom stereocenters. The Hall–Kier alpha value is -6.52. The number of fused-ring (bicyclic) bond motifs is 8. The Morgan fingerprint density at radius 2 is 0.980 bits per heavy atom. The van der Waals surface area contributed by atoms with Crippen LogP contribution < -0.4 is 0 Å². The van der Waals surface area contributed by atoms with Crippen LogP contribution in [0.5, 0.6) is 0 Å². The fourth-order valence-electron chi connectivity index (χ4n) is 7.43. The van der Waals surface area contributed by atoms with Gasteiger partial charge in [0.15, 0.2) is 17.5 Å². The van der Waals surface area contributed by atoms with Crippen molar-refractivity contribution in [3.63, 3.8) is 0 Å². The van der Waals surface area contributed by atoms with E-state index in [0.717, 1.165) is 50.7 Å². The second-order valence-corrected chi connectivity index (χ2v) is 12.6. The molecule has 0 saturated heterocycles. The van der Waals surface area contributed by atoms with E-state index >= 15 is 0 Å². The normalized spacial score (nSPS) is 12.0. The van der Waals surface area contributed by atoms with Crippen LogP contribution in [-0.2, 0) is 6.42 Å². The highest BCUT2D eigenvalue weighted by molar-refractivity contribution is 6.13. The topological polar surface area (TPSA) is 51.6 Å². The number of rotatable bonds is 4. The third-order valence-corrected chi connectivity index (χ3v) is 9.75. The van der Waals surface area contributed by atoms with E-state index in [1.165, 1.54) is 38.4 Å². The van der Waals surface area contributed by atoms with E-state index < -0.39 is 0 Å². The van der Waals surface area contributed by atoms with Crippen molar-refractivity contribution >= 4 is 32.4 Å². The van der Waals surface area contributed by atoms with Gasteiger partial charge >= 0.3 is 0 Å². The maximum atomic E-state index is 5.24. The van der Waals surface area contributed by atoms with Gasteiger partial charge in [-0.05, 0) is 56.8 Å². The summed E-state index contributed by atoms with van der Waals surface area (Å²) in [5.74, 6) is 1.93. The minimum Gasteiger partial charge on any atom is -0.247 e. The van der Waals surface area contributed by atoms with Gasteiger partial charge < -0.3 is 0 Å². The number of nitrogens with zero attached hydrogens (tertiary/aromatic N) is 4. The van der Waals surface area contributed by atoms with Crippen LogP contribution in [0, 0.1) is 0 Å². The van der Waals surface area contributed by atoms with Crippen molar-refractivity contribution in [3.05, 3.63) is 169 Å². The number of benzene rings is 7. The molecule has 1 aliphatic carbocycles. The Morgan fingerprint density at radius 1 is 0.388 bits per heavy atom. The lowest BCUT2D eigenvalue weighted by Crippen LogP contribution is -2.01. The van der Waals surface area contributed by atoms with E-state index in [9.17, 15) is 0 Å². The molecular weight excluding hydrogens is 597 g/mol. The number of hydrogen-bond donors (Lipinski definition) is 0. The van der Waals surface area contributed by atoms with Gasteiger partial charge in [0.05, 0.1) is 11.2 Å². The van der Waals surface area contributed by atoms with Gasteiger partial charge in [-0.1, -0.05) is 146 Å². The minimum atomic E-state index is 0.634. The maximum Gasteiger partial charge on any atom is 0.164 e. The van der Waals surface area contributed by atoms with Crippen molar-refractivity contribution < 1.29 is 0 Å². The summed E-state index contributed by atoms with van der Waals surface area (Å²) in [6.45, 7) is 0. The molecule has 4 heteroatoms. The van der Waals surface area contributed by atoms with Gasteiger partial charge in [-0.3, -0.25) is 0 Å². The molecule has 0 amide bonds. The Kier molecular flexibility index (Phi) is 6.21. The summed E-state index contributed by atoms with van der Waals surface area (Å²) in [6, 6.07) is 55.1. The first-order chi connectivity index (χ1) is 24.3. The van der Waals surface area contributed by atoms with E-state index in [1.54, 1.807) is 0 Å². The summed E-state index contributed by atoms with van der Waals surface area (Å²) in [7, 11) is 0. The van der Waals surface area contributed by atoms with Crippen LogP contribution in [0.3, 0.4) is 0 Å². The molecule has 9 aromatic rings. The number of hydrogen-bond acceptors (Lipinski definition) is 4. The van der Waals surface area contributed by atoms with Crippen LogP contribution in [0.2, 0.25) is 0 Å². The van der Waals surface area contributed by atoms with Gasteiger partial charge in [-0.2, -0.15) is 0 Å². The van der Waals surface area contributed by atoms with Gasteiger partial charge in [0.25, 0.3) is 0 Å². The summed E-state index contributed by atoms with van der Waals surface area (Å²) < 4.78 is 0. The summed E-state index contributed by atoms with van der Waals surface area (Å²) >= 11 is 0. The first-order valence-electron chi connectivity index (χ1n) is 16.6. The quantitative estimate of drug-likeness (QED) is 0.183. The molecule has 49 heavy (non-hydrogen) atoms. The zero-order valence-corrected chi connectivity index (χ0v) is 26.5. The fourth-order valence-corrected chi connectivity index (χ4v) is 7.43. The number of para-hydroxylation sites is 1. The van der Waals surface area contributed by atoms with Crippen molar-refractivity contribution in [1.29, 1.82) is 0 Å². The summed E-state index contributed by atoms with van der Waals surface area (Å²) in [6.07, 6.45) is 0.916. The number of pyridine rings is 1. The molecule has 0 saturated carbocycles. The molecule has 0 spiro atoms. The largest absolute Gasteiger partial charge is 0.247 e. The van der Waals surface area contributed by atoms with Crippen LogP contribution in [0.4, 0.5) is 0 Å². The van der Waals surface area contributed by atoms with E-state index in [-0.39, 0.29) is 0 Å². The molecule has 0 atom stereocenters. The fraction of sp³-hybridized carbons (Fsp3) is 0.0222. The molecule has 1 aliphatic rings. The Balaban J connectivity index is 1.15. The van der Waals surface area contributed by atoms with Crippen molar-refractivity contribution in [2.75, 3.05) is 0 Å². The third kappa shape index (κ3) is 4.53. The second kappa shape index (κ2) is 11.0. The van der Waals surface area contributed by atoms with Crippen molar-refractivity contribution in [1.82, 2.24) is 19.9 Å². The predicted molar refractivity (Wildman–Crippen MR) is 200 cm³/mol. The molecule has 0 fully saturated rings. The highest BCUT2D eigenvalue weighted by Crippen LogP contribution is 2.45. The average Bonchev–Trinajstić information content (AvgIpc) is 3.58. The molecule has 0 radical (unpaired) electrons. The van der Waals surface area contributed by atoms with E-state index in [4.69, 9.17) is 19.9 Å². The molecule has 228 valence electrons. The van der Waals surface area contributed by atoms with E-state index in [0.29, 0.717) is 17.5 Å². The first kappa shape index (κ1) is 27.6. The van der Waals surface area contributed by atoms with Crippen LogP contribution in [0.15, 0.2) is 158 Å². The van der Waals surface area contributed by atoms with Crippen molar-refractivity contribution in [2.24, 2.45) is 0 Å². The minimum absolute atomic E-state index is 0.634. The standard InChI is InChI=1S/C45H28N4/c1-2-12-29(13-3-1)43-47-44(49-45(48-43)39-27-31-14-4-6-16-33(31)35-18-8-9-19-36(35)39)30-24-22-28(23-25-30)42-41-34-17-7-5-15-32(34)26-38(41)37-20-10-11-21-40(37)46-42/h1-25,27H,26H2. The van der Waals surface area contributed by atoms with Gasteiger partial charge in [-0.15, -0.1) is 0 Å². The highest BCUT2D eigenvalue weighted by Gasteiger charge is 2.25. The molecule has 2 aromatic heterocycles. The SMILES string of the molecule is c1ccc(-c2nc(-c3ccc(-c4nc5ccccc5c5c4-c4ccccc4C5)cc3)nc(-c3cc4ccccc4c4ccccc34)n2)cc1. The zero-order chi connectivity index (χ0) is 32.3. The van der Waals surface area contributed by atoms with Crippen LogP contribution in [0.25, 0.3) is 89.0 Å². The van der Waals surface area contributed by atoms with Crippen LogP contribution in [-0.4, -0.2) is 19.9 Å². The Labute approximate surface area is 283 Å². The van der Waals surface area contributed by atoms with E-state index in [2.05, 4.69) is 127 Å².